The molecule has 2 N–H and O–H groups in total. The van der Waals surface area contributed by atoms with Gasteiger partial charge in [0.2, 0.25) is 0 Å². The van der Waals surface area contributed by atoms with Crippen LogP contribution < -0.4 is 5.32 Å². The number of carboxylic acids is 1. The zero-order valence-corrected chi connectivity index (χ0v) is 13.6. The third-order valence-electron chi connectivity index (χ3n) is 4.92. The van der Waals surface area contributed by atoms with Crippen molar-refractivity contribution in [2.45, 2.75) is 39.0 Å². The van der Waals surface area contributed by atoms with Crippen LogP contribution in [0.25, 0.3) is 0 Å². The van der Waals surface area contributed by atoms with E-state index >= 15 is 0 Å². The van der Waals surface area contributed by atoms with Crippen molar-refractivity contribution in [1.29, 1.82) is 0 Å². The maximum absolute atomic E-state index is 11.3. The van der Waals surface area contributed by atoms with E-state index in [0.29, 0.717) is 11.6 Å². The molecule has 1 aromatic carbocycles. The number of hydrogen-bond acceptors (Lipinski definition) is 3. The Hall–Kier alpha value is -2.36. The van der Waals surface area contributed by atoms with Gasteiger partial charge in [0.25, 0.3) is 0 Å². The van der Waals surface area contributed by atoms with Gasteiger partial charge in [0.1, 0.15) is 0 Å². The first-order chi connectivity index (χ1) is 11.1. The van der Waals surface area contributed by atoms with E-state index in [4.69, 9.17) is 0 Å². The summed E-state index contributed by atoms with van der Waals surface area (Å²) in [4.78, 5) is 15.3. The minimum atomic E-state index is -0.926. The van der Waals surface area contributed by atoms with Crippen LogP contribution in [0.1, 0.15) is 51.4 Å². The van der Waals surface area contributed by atoms with E-state index in [1.54, 1.807) is 6.20 Å². The van der Waals surface area contributed by atoms with Gasteiger partial charge in [-0.25, -0.2) is 4.79 Å². The summed E-state index contributed by atoms with van der Waals surface area (Å²) in [7, 11) is 0. The number of fused-ring (bicyclic) bond motifs is 1. The Labute approximate surface area is 136 Å². The van der Waals surface area contributed by atoms with E-state index in [9.17, 15) is 9.90 Å². The van der Waals surface area contributed by atoms with E-state index < -0.39 is 5.97 Å². The molecule has 120 valence electrons. The molecule has 1 aromatic heterocycles. The lowest BCUT2D eigenvalue weighted by Crippen LogP contribution is -2.20. The van der Waals surface area contributed by atoms with E-state index in [1.165, 1.54) is 40.9 Å². The smallest absolute Gasteiger partial charge is 0.337 e. The average molecular weight is 310 g/mol. The number of aromatic nitrogens is 1. The number of carboxylic acid groups (broad SMARTS) is 1. The third kappa shape index (κ3) is 3.07. The van der Waals surface area contributed by atoms with E-state index in [0.717, 1.165) is 19.4 Å². The second kappa shape index (κ2) is 6.41. The van der Waals surface area contributed by atoms with Crippen LogP contribution in [0.15, 0.2) is 30.6 Å². The summed E-state index contributed by atoms with van der Waals surface area (Å²) < 4.78 is 0. The van der Waals surface area contributed by atoms with Gasteiger partial charge in [-0.1, -0.05) is 12.1 Å². The molecule has 0 saturated heterocycles. The molecule has 1 unspecified atom stereocenters. The first kappa shape index (κ1) is 15.5. The molecule has 1 atom stereocenters. The molecule has 0 radical (unpaired) electrons. The van der Waals surface area contributed by atoms with Crippen molar-refractivity contribution in [3.63, 3.8) is 0 Å². The lowest BCUT2D eigenvalue weighted by atomic mass is 9.80. The number of nitrogens with zero attached hydrogens (tertiary/aromatic N) is 1. The van der Waals surface area contributed by atoms with Gasteiger partial charge in [-0.3, -0.25) is 4.98 Å². The van der Waals surface area contributed by atoms with Crippen LogP contribution in [0.5, 0.6) is 0 Å². The van der Waals surface area contributed by atoms with Crippen LogP contribution in [-0.4, -0.2) is 22.6 Å². The average Bonchev–Trinajstić information content (AvgIpc) is 2.56. The molecule has 3 rings (SSSR count). The number of carbonyl (C=O) groups is 1. The first-order valence-electron chi connectivity index (χ1n) is 8.08. The summed E-state index contributed by atoms with van der Waals surface area (Å²) in [6.07, 6.45) is 6.56. The van der Waals surface area contributed by atoms with Crippen molar-refractivity contribution in [3.8, 4) is 0 Å². The molecule has 4 nitrogen and oxygen atoms in total. The van der Waals surface area contributed by atoms with E-state index in [-0.39, 0.29) is 5.56 Å². The zero-order chi connectivity index (χ0) is 16.4. The Bertz CT molecular complexity index is 740. The highest BCUT2D eigenvalue weighted by Gasteiger charge is 2.22. The molecule has 1 aliphatic rings. The van der Waals surface area contributed by atoms with Crippen LogP contribution >= 0.6 is 0 Å². The number of anilines is 1. The van der Waals surface area contributed by atoms with Gasteiger partial charge in [0.15, 0.2) is 0 Å². The SMILES string of the molecule is Cc1ccc2c(c1C)CCCC2CNc1cnccc1C(=O)O. The van der Waals surface area contributed by atoms with E-state index in [1.807, 2.05) is 0 Å². The summed E-state index contributed by atoms with van der Waals surface area (Å²) in [5, 5.41) is 12.6. The van der Waals surface area contributed by atoms with Gasteiger partial charge in [0, 0.05) is 18.7 Å². The Balaban J connectivity index is 1.81. The standard InChI is InChI=1S/C19H22N2O2/c1-12-6-7-16-14(4-3-5-15(16)13(12)2)10-21-18-11-20-9-8-17(18)19(22)23/h6-9,11,14,21H,3-5,10H2,1-2H3,(H,22,23). The van der Waals surface area contributed by atoms with Crippen LogP contribution in [0.4, 0.5) is 5.69 Å². The number of nitrogens with one attached hydrogen (secondary N) is 1. The minimum Gasteiger partial charge on any atom is -0.478 e. The molecule has 0 amide bonds. The summed E-state index contributed by atoms with van der Waals surface area (Å²) in [5.74, 6) is -0.509. The summed E-state index contributed by atoms with van der Waals surface area (Å²) in [5.41, 5.74) is 6.50. The quantitative estimate of drug-likeness (QED) is 0.898. The molecule has 1 heterocycles. The number of aryl methyl sites for hydroxylation is 1. The monoisotopic (exact) mass is 310 g/mol. The number of aromatic carboxylic acids is 1. The van der Waals surface area contributed by atoms with Crippen LogP contribution in [0.2, 0.25) is 0 Å². The fourth-order valence-corrected chi connectivity index (χ4v) is 3.46. The molecular weight excluding hydrogens is 288 g/mol. The molecule has 2 aromatic rings. The summed E-state index contributed by atoms with van der Waals surface area (Å²) in [6.45, 7) is 5.10. The fraction of sp³-hybridized carbons (Fsp3) is 0.368. The Morgan fingerprint density at radius 1 is 1.35 bits per heavy atom. The van der Waals surface area contributed by atoms with Gasteiger partial charge < -0.3 is 10.4 Å². The van der Waals surface area contributed by atoms with Gasteiger partial charge in [-0.15, -0.1) is 0 Å². The third-order valence-corrected chi connectivity index (χ3v) is 4.92. The van der Waals surface area contributed by atoms with Gasteiger partial charge in [-0.2, -0.15) is 0 Å². The molecule has 0 spiro atoms. The lowest BCUT2D eigenvalue weighted by Gasteiger charge is -2.28. The normalized spacial score (nSPS) is 16.7. The number of rotatable bonds is 4. The molecule has 0 bridgehead atoms. The summed E-state index contributed by atoms with van der Waals surface area (Å²) >= 11 is 0. The van der Waals surface area contributed by atoms with Gasteiger partial charge in [0.05, 0.1) is 17.4 Å². The second-order valence-electron chi connectivity index (χ2n) is 6.27. The molecule has 0 aliphatic heterocycles. The molecule has 0 fully saturated rings. The second-order valence-corrected chi connectivity index (χ2v) is 6.27. The van der Waals surface area contributed by atoms with Crippen molar-refractivity contribution in [2.75, 3.05) is 11.9 Å². The topological polar surface area (TPSA) is 62.2 Å². The minimum absolute atomic E-state index is 0.274. The van der Waals surface area contributed by atoms with Crippen molar-refractivity contribution in [3.05, 3.63) is 58.4 Å². The molecule has 0 saturated carbocycles. The number of hydrogen-bond donors (Lipinski definition) is 2. The largest absolute Gasteiger partial charge is 0.478 e. The van der Waals surface area contributed by atoms with Crippen molar-refractivity contribution in [1.82, 2.24) is 4.98 Å². The van der Waals surface area contributed by atoms with Gasteiger partial charge >= 0.3 is 5.97 Å². The highest BCUT2D eigenvalue weighted by atomic mass is 16.4. The highest BCUT2D eigenvalue weighted by Crippen LogP contribution is 2.34. The Morgan fingerprint density at radius 2 is 2.17 bits per heavy atom. The molecule has 4 heteroatoms. The maximum Gasteiger partial charge on any atom is 0.337 e. The predicted octanol–water partition coefficient (Wildman–Crippen LogP) is 3.93. The van der Waals surface area contributed by atoms with Crippen LogP contribution in [0, 0.1) is 13.8 Å². The fourth-order valence-electron chi connectivity index (χ4n) is 3.46. The highest BCUT2D eigenvalue weighted by molar-refractivity contribution is 5.93. The van der Waals surface area contributed by atoms with Crippen LogP contribution in [0.3, 0.4) is 0 Å². The Kier molecular flexibility index (Phi) is 4.33. The molecule has 1 aliphatic carbocycles. The van der Waals surface area contributed by atoms with Crippen molar-refractivity contribution >= 4 is 11.7 Å². The maximum atomic E-state index is 11.3. The summed E-state index contributed by atoms with van der Waals surface area (Å²) in [6, 6.07) is 5.97. The Morgan fingerprint density at radius 3 is 2.96 bits per heavy atom. The molecular formula is C19H22N2O2. The first-order valence-corrected chi connectivity index (χ1v) is 8.08. The zero-order valence-electron chi connectivity index (χ0n) is 13.6. The predicted molar refractivity (Wildman–Crippen MR) is 91.3 cm³/mol. The number of pyridine rings is 1. The van der Waals surface area contributed by atoms with E-state index in [2.05, 4.69) is 36.3 Å². The lowest BCUT2D eigenvalue weighted by molar-refractivity contribution is 0.0698. The van der Waals surface area contributed by atoms with Crippen molar-refractivity contribution in [2.24, 2.45) is 0 Å². The van der Waals surface area contributed by atoms with Crippen molar-refractivity contribution < 1.29 is 9.90 Å². The van der Waals surface area contributed by atoms with Gasteiger partial charge in [-0.05, 0) is 61.4 Å². The van der Waals surface area contributed by atoms with Crippen LogP contribution in [-0.2, 0) is 6.42 Å². The number of benzene rings is 1. The molecule has 23 heavy (non-hydrogen) atoms.